The van der Waals surface area contributed by atoms with Crippen molar-refractivity contribution in [3.63, 3.8) is 0 Å². The highest BCUT2D eigenvalue weighted by molar-refractivity contribution is 6.44. The van der Waals surface area contributed by atoms with Crippen molar-refractivity contribution in [2.75, 3.05) is 36.4 Å². The number of piperazine rings is 1. The standard InChI is InChI=1S/C16H15Cl2N5O2/c17-11-3-1-4-12(18)13(11)21-14(24)15(25)22-7-9-23(10-8-22)16-19-5-2-6-20-16/h1-6H,7-10H2,(H,21,24). The summed E-state index contributed by atoms with van der Waals surface area (Å²) in [5, 5.41) is 3.04. The summed E-state index contributed by atoms with van der Waals surface area (Å²) in [7, 11) is 0. The Bertz CT molecular complexity index is 759. The van der Waals surface area contributed by atoms with E-state index < -0.39 is 11.8 Å². The Morgan fingerprint density at radius 3 is 2.16 bits per heavy atom. The first kappa shape index (κ1) is 17.4. The number of benzene rings is 1. The lowest BCUT2D eigenvalue weighted by Crippen LogP contribution is -2.52. The van der Waals surface area contributed by atoms with Crippen LogP contribution in [0.5, 0.6) is 0 Å². The van der Waals surface area contributed by atoms with Crippen molar-refractivity contribution in [3.05, 3.63) is 46.7 Å². The molecule has 3 rings (SSSR count). The highest BCUT2D eigenvalue weighted by atomic mass is 35.5. The number of aromatic nitrogens is 2. The van der Waals surface area contributed by atoms with Crippen LogP contribution >= 0.6 is 23.2 Å². The van der Waals surface area contributed by atoms with E-state index in [9.17, 15) is 9.59 Å². The second-order valence-electron chi connectivity index (χ2n) is 5.38. The van der Waals surface area contributed by atoms with Crippen LogP contribution in [0.2, 0.25) is 10.0 Å². The molecule has 7 nitrogen and oxygen atoms in total. The lowest BCUT2D eigenvalue weighted by molar-refractivity contribution is -0.143. The summed E-state index contributed by atoms with van der Waals surface area (Å²) in [5.74, 6) is -0.772. The van der Waals surface area contributed by atoms with E-state index in [1.165, 1.54) is 4.90 Å². The first-order valence-corrected chi connectivity index (χ1v) is 8.38. The molecule has 2 heterocycles. The number of nitrogens with one attached hydrogen (secondary N) is 1. The van der Waals surface area contributed by atoms with Crippen LogP contribution in [0.4, 0.5) is 11.6 Å². The van der Waals surface area contributed by atoms with Crippen molar-refractivity contribution in [1.82, 2.24) is 14.9 Å². The second-order valence-corrected chi connectivity index (χ2v) is 6.19. The van der Waals surface area contributed by atoms with Gasteiger partial charge in [-0.2, -0.15) is 0 Å². The summed E-state index contributed by atoms with van der Waals surface area (Å²) in [6.45, 7) is 1.91. The minimum absolute atomic E-state index is 0.237. The Balaban J connectivity index is 1.60. The van der Waals surface area contributed by atoms with Gasteiger partial charge in [0.15, 0.2) is 0 Å². The zero-order valence-electron chi connectivity index (χ0n) is 13.2. The first-order valence-electron chi connectivity index (χ1n) is 7.62. The summed E-state index contributed by atoms with van der Waals surface area (Å²) >= 11 is 12.0. The van der Waals surface area contributed by atoms with E-state index in [1.807, 2.05) is 4.90 Å². The van der Waals surface area contributed by atoms with Gasteiger partial charge in [0.1, 0.15) is 0 Å². The van der Waals surface area contributed by atoms with Crippen molar-refractivity contribution >= 4 is 46.7 Å². The van der Waals surface area contributed by atoms with E-state index in [2.05, 4.69) is 15.3 Å². The molecule has 0 atom stereocenters. The number of anilines is 2. The minimum Gasteiger partial charge on any atom is -0.337 e. The van der Waals surface area contributed by atoms with Gasteiger partial charge in [0.2, 0.25) is 5.95 Å². The maximum atomic E-state index is 12.3. The third kappa shape index (κ3) is 4.00. The molecule has 1 aromatic heterocycles. The molecule has 1 aromatic carbocycles. The number of halogens is 2. The quantitative estimate of drug-likeness (QED) is 0.808. The number of carbonyl (C=O) groups excluding carboxylic acids is 2. The SMILES string of the molecule is O=C(Nc1c(Cl)cccc1Cl)C(=O)N1CCN(c2ncccn2)CC1. The summed E-state index contributed by atoms with van der Waals surface area (Å²) in [6, 6.07) is 6.58. The molecule has 0 bridgehead atoms. The van der Waals surface area contributed by atoms with Crippen LogP contribution in [0.3, 0.4) is 0 Å². The largest absolute Gasteiger partial charge is 0.337 e. The Labute approximate surface area is 154 Å². The second kappa shape index (κ2) is 7.67. The van der Waals surface area contributed by atoms with Gasteiger partial charge in [-0.25, -0.2) is 9.97 Å². The summed E-state index contributed by atoms with van der Waals surface area (Å²) < 4.78 is 0. The number of hydrogen-bond acceptors (Lipinski definition) is 5. The molecule has 130 valence electrons. The van der Waals surface area contributed by atoms with Gasteiger partial charge in [0.25, 0.3) is 0 Å². The summed E-state index contributed by atoms with van der Waals surface area (Å²) in [5.41, 5.74) is 0.237. The van der Waals surface area contributed by atoms with Crippen LogP contribution in [0.25, 0.3) is 0 Å². The molecule has 1 aliphatic rings. The number of rotatable bonds is 2. The highest BCUT2D eigenvalue weighted by Gasteiger charge is 2.27. The average Bonchev–Trinajstić information content (AvgIpc) is 2.65. The van der Waals surface area contributed by atoms with Gasteiger partial charge in [-0.05, 0) is 18.2 Å². The zero-order valence-corrected chi connectivity index (χ0v) is 14.7. The molecule has 1 fully saturated rings. The number of carbonyl (C=O) groups is 2. The van der Waals surface area contributed by atoms with E-state index >= 15 is 0 Å². The smallest absolute Gasteiger partial charge is 0.313 e. The number of nitrogens with zero attached hydrogens (tertiary/aromatic N) is 4. The molecule has 2 amide bonds. The van der Waals surface area contributed by atoms with Gasteiger partial charge in [0, 0.05) is 38.6 Å². The third-order valence-corrected chi connectivity index (χ3v) is 4.43. The summed E-state index contributed by atoms with van der Waals surface area (Å²) in [4.78, 5) is 36.4. The predicted octanol–water partition coefficient (Wildman–Crippen LogP) is 2.07. The molecule has 0 aliphatic carbocycles. The zero-order chi connectivity index (χ0) is 17.8. The van der Waals surface area contributed by atoms with Crippen molar-refractivity contribution < 1.29 is 9.59 Å². The summed E-state index contributed by atoms with van der Waals surface area (Å²) in [6.07, 6.45) is 3.33. The topological polar surface area (TPSA) is 78.4 Å². The molecule has 9 heteroatoms. The van der Waals surface area contributed by atoms with Crippen molar-refractivity contribution in [2.24, 2.45) is 0 Å². The Kier molecular flexibility index (Phi) is 5.35. The van der Waals surface area contributed by atoms with Crippen LogP contribution in [-0.4, -0.2) is 52.9 Å². The highest BCUT2D eigenvalue weighted by Crippen LogP contribution is 2.29. The molecule has 0 spiro atoms. The van der Waals surface area contributed by atoms with E-state index in [1.54, 1.807) is 36.7 Å². The number of amides is 2. The van der Waals surface area contributed by atoms with Crippen molar-refractivity contribution in [1.29, 1.82) is 0 Å². The van der Waals surface area contributed by atoms with Crippen molar-refractivity contribution in [2.45, 2.75) is 0 Å². The van der Waals surface area contributed by atoms with Crippen LogP contribution in [-0.2, 0) is 9.59 Å². The fourth-order valence-corrected chi connectivity index (χ4v) is 2.98. The molecule has 0 radical (unpaired) electrons. The lowest BCUT2D eigenvalue weighted by Gasteiger charge is -2.34. The predicted molar refractivity (Wildman–Crippen MR) is 95.9 cm³/mol. The molecule has 0 saturated carbocycles. The maximum absolute atomic E-state index is 12.3. The molecule has 0 unspecified atom stereocenters. The minimum atomic E-state index is -0.764. The maximum Gasteiger partial charge on any atom is 0.313 e. The van der Waals surface area contributed by atoms with E-state index in [0.717, 1.165) is 0 Å². The van der Waals surface area contributed by atoms with E-state index in [0.29, 0.717) is 32.1 Å². The lowest BCUT2D eigenvalue weighted by atomic mass is 10.3. The number of hydrogen-bond donors (Lipinski definition) is 1. The molecule has 1 aliphatic heterocycles. The van der Waals surface area contributed by atoms with E-state index in [-0.39, 0.29) is 15.7 Å². The third-order valence-electron chi connectivity index (χ3n) is 3.80. The average molecular weight is 380 g/mol. The number of para-hydroxylation sites is 1. The van der Waals surface area contributed by atoms with Crippen LogP contribution in [0, 0.1) is 0 Å². The fraction of sp³-hybridized carbons (Fsp3) is 0.250. The first-order chi connectivity index (χ1) is 12.1. The van der Waals surface area contributed by atoms with Gasteiger partial charge in [-0.3, -0.25) is 9.59 Å². The molecule has 1 saturated heterocycles. The van der Waals surface area contributed by atoms with Gasteiger partial charge >= 0.3 is 11.8 Å². The van der Waals surface area contributed by atoms with Gasteiger partial charge in [-0.1, -0.05) is 29.3 Å². The Hall–Kier alpha value is -2.38. The van der Waals surface area contributed by atoms with Gasteiger partial charge in [0.05, 0.1) is 15.7 Å². The molecule has 1 N–H and O–H groups in total. The molecular formula is C16H15Cl2N5O2. The van der Waals surface area contributed by atoms with Crippen LogP contribution in [0.1, 0.15) is 0 Å². The van der Waals surface area contributed by atoms with Crippen molar-refractivity contribution in [3.8, 4) is 0 Å². The van der Waals surface area contributed by atoms with Crippen LogP contribution < -0.4 is 10.2 Å². The van der Waals surface area contributed by atoms with E-state index in [4.69, 9.17) is 23.2 Å². The molecular weight excluding hydrogens is 365 g/mol. The molecule has 2 aromatic rings. The normalized spacial score (nSPS) is 14.3. The monoisotopic (exact) mass is 379 g/mol. The van der Waals surface area contributed by atoms with Crippen LogP contribution in [0.15, 0.2) is 36.7 Å². The molecule has 25 heavy (non-hydrogen) atoms. The fourth-order valence-electron chi connectivity index (χ4n) is 2.49. The Morgan fingerprint density at radius 1 is 0.960 bits per heavy atom. The van der Waals surface area contributed by atoms with Gasteiger partial charge in [-0.15, -0.1) is 0 Å². The Morgan fingerprint density at radius 2 is 1.56 bits per heavy atom. The van der Waals surface area contributed by atoms with Gasteiger partial charge < -0.3 is 15.1 Å².